The van der Waals surface area contributed by atoms with Crippen molar-refractivity contribution in [1.29, 1.82) is 0 Å². The molecule has 162 valence electrons. The van der Waals surface area contributed by atoms with Gasteiger partial charge in [-0.2, -0.15) is 0 Å². The van der Waals surface area contributed by atoms with Gasteiger partial charge in [0.1, 0.15) is 11.4 Å². The molecule has 0 saturated heterocycles. The lowest BCUT2D eigenvalue weighted by Crippen LogP contribution is -2.28. The Bertz CT molecular complexity index is 1110. The van der Waals surface area contributed by atoms with E-state index in [1.165, 1.54) is 9.80 Å². The molecule has 0 aliphatic rings. The summed E-state index contributed by atoms with van der Waals surface area (Å²) in [6.45, 7) is 2.02. The molecule has 8 heteroatoms. The molecule has 2 heterocycles. The van der Waals surface area contributed by atoms with Crippen molar-refractivity contribution in [3.05, 3.63) is 71.8 Å². The van der Waals surface area contributed by atoms with Crippen molar-refractivity contribution in [2.45, 2.75) is 6.92 Å². The molecule has 0 fully saturated rings. The molecule has 2 aromatic heterocycles. The average molecular weight is 422 g/mol. The highest BCUT2D eigenvalue weighted by atomic mass is 16.5. The first kappa shape index (κ1) is 21.9. The average Bonchev–Trinajstić information content (AvgIpc) is 3.37. The van der Waals surface area contributed by atoms with Crippen LogP contribution in [-0.2, 0) is 18.8 Å². The van der Waals surface area contributed by atoms with Crippen LogP contribution in [0.3, 0.4) is 0 Å². The number of nitrogens with zero attached hydrogens (tertiary/aromatic N) is 4. The molecule has 0 N–H and O–H groups in total. The molecule has 0 unspecified atom stereocenters. The molecule has 0 saturated carbocycles. The van der Waals surface area contributed by atoms with E-state index in [9.17, 15) is 14.4 Å². The van der Waals surface area contributed by atoms with Gasteiger partial charge in [0.05, 0.1) is 12.3 Å². The normalized spacial score (nSPS) is 10.6. The topological polar surface area (TPSA) is 76.8 Å². The maximum Gasteiger partial charge on any atom is 0.355 e. The van der Waals surface area contributed by atoms with Crippen LogP contribution in [0.1, 0.15) is 38.3 Å². The van der Waals surface area contributed by atoms with Crippen molar-refractivity contribution < 1.29 is 19.1 Å². The van der Waals surface area contributed by atoms with Crippen molar-refractivity contribution >= 4 is 29.2 Å². The van der Waals surface area contributed by atoms with Gasteiger partial charge in [-0.15, -0.1) is 0 Å². The number of rotatable bonds is 6. The van der Waals surface area contributed by atoms with Gasteiger partial charge in [0.15, 0.2) is 0 Å². The van der Waals surface area contributed by atoms with E-state index in [4.69, 9.17) is 4.74 Å². The minimum atomic E-state index is -0.438. The van der Waals surface area contributed by atoms with E-state index in [1.54, 1.807) is 79.8 Å². The van der Waals surface area contributed by atoms with Crippen LogP contribution in [0.15, 0.2) is 54.9 Å². The Morgan fingerprint density at radius 1 is 0.871 bits per heavy atom. The number of ether oxygens (including phenoxy) is 1. The second-order valence-corrected chi connectivity index (χ2v) is 7.19. The molecule has 1 aromatic carbocycles. The number of aromatic nitrogens is 2. The van der Waals surface area contributed by atoms with E-state index in [0.29, 0.717) is 28.3 Å². The Morgan fingerprint density at radius 2 is 1.52 bits per heavy atom. The summed E-state index contributed by atoms with van der Waals surface area (Å²) in [6, 6.07) is 12.0. The SMILES string of the molecule is CCOC(=O)c1cc(N(C)C(=O)c2ccc(N(C)C(=O)c3cccn3C)cc2)cn1C. The van der Waals surface area contributed by atoms with Crippen molar-refractivity contribution in [2.24, 2.45) is 14.1 Å². The van der Waals surface area contributed by atoms with Crippen molar-refractivity contribution in [3.63, 3.8) is 0 Å². The van der Waals surface area contributed by atoms with Crippen LogP contribution in [0.4, 0.5) is 11.4 Å². The van der Waals surface area contributed by atoms with Crippen LogP contribution in [-0.4, -0.2) is 47.6 Å². The summed E-state index contributed by atoms with van der Waals surface area (Å²) in [7, 11) is 6.88. The second-order valence-electron chi connectivity index (χ2n) is 7.19. The molecule has 0 radical (unpaired) electrons. The molecule has 0 aliphatic heterocycles. The standard InChI is InChI=1S/C23H26N4O4/c1-6-31-23(30)20-14-18(15-25(20)3)27(5)21(28)16-9-11-17(12-10-16)26(4)22(29)19-8-7-13-24(19)2/h7-15H,6H2,1-5H3. The molecule has 2 amide bonds. The largest absolute Gasteiger partial charge is 0.461 e. The number of anilines is 2. The first-order chi connectivity index (χ1) is 14.7. The molecule has 8 nitrogen and oxygen atoms in total. The van der Waals surface area contributed by atoms with Gasteiger partial charge < -0.3 is 23.7 Å². The van der Waals surface area contributed by atoms with E-state index in [0.717, 1.165) is 0 Å². The quantitative estimate of drug-likeness (QED) is 0.572. The molecule has 0 aliphatic carbocycles. The first-order valence-corrected chi connectivity index (χ1v) is 9.85. The zero-order chi connectivity index (χ0) is 22.7. The second kappa shape index (κ2) is 8.91. The first-order valence-electron chi connectivity index (χ1n) is 9.85. The highest BCUT2D eigenvalue weighted by Crippen LogP contribution is 2.22. The van der Waals surface area contributed by atoms with Gasteiger partial charge in [0.25, 0.3) is 11.8 Å². The van der Waals surface area contributed by atoms with Crippen molar-refractivity contribution in [3.8, 4) is 0 Å². The Morgan fingerprint density at radius 3 is 2.10 bits per heavy atom. The smallest absolute Gasteiger partial charge is 0.355 e. The molecule has 31 heavy (non-hydrogen) atoms. The lowest BCUT2D eigenvalue weighted by atomic mass is 10.1. The van der Waals surface area contributed by atoms with Gasteiger partial charge in [-0.3, -0.25) is 9.59 Å². The fourth-order valence-corrected chi connectivity index (χ4v) is 3.25. The Labute approximate surface area is 181 Å². The van der Waals surface area contributed by atoms with E-state index in [1.807, 2.05) is 19.3 Å². The minimum Gasteiger partial charge on any atom is -0.461 e. The number of carbonyl (C=O) groups is 3. The highest BCUT2D eigenvalue weighted by Gasteiger charge is 2.20. The maximum absolute atomic E-state index is 12.9. The maximum atomic E-state index is 12.9. The third-order valence-corrected chi connectivity index (χ3v) is 5.14. The molecule has 0 spiro atoms. The lowest BCUT2D eigenvalue weighted by molar-refractivity contribution is 0.0515. The van der Waals surface area contributed by atoms with Crippen LogP contribution in [0.2, 0.25) is 0 Å². The Balaban J connectivity index is 1.76. The van der Waals surface area contributed by atoms with Crippen LogP contribution in [0, 0.1) is 0 Å². The third-order valence-electron chi connectivity index (χ3n) is 5.14. The van der Waals surface area contributed by atoms with E-state index in [-0.39, 0.29) is 18.4 Å². The summed E-state index contributed by atoms with van der Waals surface area (Å²) in [4.78, 5) is 40.6. The number of hydrogen-bond acceptors (Lipinski definition) is 4. The van der Waals surface area contributed by atoms with Crippen molar-refractivity contribution in [2.75, 3.05) is 30.5 Å². The Kier molecular flexibility index (Phi) is 6.29. The number of carbonyl (C=O) groups excluding carboxylic acids is 3. The van der Waals surface area contributed by atoms with Gasteiger partial charge in [-0.25, -0.2) is 4.79 Å². The predicted molar refractivity (Wildman–Crippen MR) is 119 cm³/mol. The van der Waals surface area contributed by atoms with Crippen LogP contribution >= 0.6 is 0 Å². The monoisotopic (exact) mass is 422 g/mol. The fraction of sp³-hybridized carbons (Fsp3) is 0.261. The van der Waals surface area contributed by atoms with Crippen LogP contribution in [0.5, 0.6) is 0 Å². The molecule has 0 bridgehead atoms. The van der Waals surface area contributed by atoms with Gasteiger partial charge in [0.2, 0.25) is 0 Å². The fourth-order valence-electron chi connectivity index (χ4n) is 3.25. The predicted octanol–water partition coefficient (Wildman–Crippen LogP) is 3.09. The summed E-state index contributed by atoms with van der Waals surface area (Å²) in [5.41, 5.74) is 2.66. The third kappa shape index (κ3) is 4.37. The zero-order valence-corrected chi connectivity index (χ0v) is 18.3. The van der Waals surface area contributed by atoms with Crippen LogP contribution in [0.25, 0.3) is 0 Å². The summed E-state index contributed by atoms with van der Waals surface area (Å²) < 4.78 is 8.43. The number of benzene rings is 1. The zero-order valence-electron chi connectivity index (χ0n) is 18.3. The number of amides is 2. The minimum absolute atomic E-state index is 0.139. The molecular formula is C23H26N4O4. The molecular weight excluding hydrogens is 396 g/mol. The summed E-state index contributed by atoms with van der Waals surface area (Å²) in [5.74, 6) is -0.809. The van der Waals surface area contributed by atoms with E-state index in [2.05, 4.69) is 0 Å². The van der Waals surface area contributed by atoms with Crippen LogP contribution < -0.4 is 9.80 Å². The van der Waals surface area contributed by atoms with Crippen molar-refractivity contribution in [1.82, 2.24) is 9.13 Å². The molecule has 0 atom stereocenters. The van der Waals surface area contributed by atoms with Gasteiger partial charge >= 0.3 is 5.97 Å². The van der Waals surface area contributed by atoms with E-state index >= 15 is 0 Å². The van der Waals surface area contributed by atoms with E-state index < -0.39 is 5.97 Å². The number of hydrogen-bond donors (Lipinski definition) is 0. The lowest BCUT2D eigenvalue weighted by Gasteiger charge is -2.19. The highest BCUT2D eigenvalue weighted by molar-refractivity contribution is 6.07. The van der Waals surface area contributed by atoms with Gasteiger partial charge in [-0.05, 0) is 49.4 Å². The summed E-state index contributed by atoms with van der Waals surface area (Å²) in [6.07, 6.45) is 3.51. The number of aryl methyl sites for hydroxylation is 2. The summed E-state index contributed by atoms with van der Waals surface area (Å²) >= 11 is 0. The number of esters is 1. The Hall–Kier alpha value is -3.81. The van der Waals surface area contributed by atoms with Gasteiger partial charge in [-0.1, -0.05) is 0 Å². The summed E-state index contributed by atoms with van der Waals surface area (Å²) in [5, 5.41) is 0. The molecule has 3 aromatic rings. The molecule has 3 rings (SSSR count). The van der Waals surface area contributed by atoms with Gasteiger partial charge in [0, 0.05) is 51.8 Å².